The number of methoxy groups -OCH3 is 1. The highest BCUT2D eigenvalue weighted by molar-refractivity contribution is 6.07. The van der Waals surface area contributed by atoms with Crippen molar-refractivity contribution >= 4 is 11.9 Å². The molecule has 2 fully saturated rings. The van der Waals surface area contributed by atoms with Crippen LogP contribution in [0.1, 0.15) is 29.7 Å². The summed E-state index contributed by atoms with van der Waals surface area (Å²) in [6, 6.07) is 28.2. The average molecular weight is 485 g/mol. The lowest BCUT2D eigenvalue weighted by molar-refractivity contribution is -0.132. The summed E-state index contributed by atoms with van der Waals surface area (Å²) in [5, 5.41) is 2.90. The Labute approximate surface area is 212 Å². The van der Waals surface area contributed by atoms with E-state index < -0.39 is 5.54 Å². The lowest BCUT2D eigenvalue weighted by atomic mass is 9.92. The number of hydrogen-bond donors (Lipinski definition) is 1. The van der Waals surface area contributed by atoms with Crippen molar-refractivity contribution in [3.8, 4) is 5.75 Å². The van der Waals surface area contributed by atoms with Crippen molar-refractivity contribution in [3.63, 3.8) is 0 Å². The van der Waals surface area contributed by atoms with Gasteiger partial charge in [0.15, 0.2) is 0 Å². The Kier molecular flexibility index (Phi) is 6.76. The van der Waals surface area contributed by atoms with Crippen LogP contribution < -0.4 is 10.1 Å². The van der Waals surface area contributed by atoms with E-state index in [1.54, 1.807) is 20.1 Å². The van der Waals surface area contributed by atoms with Gasteiger partial charge in [-0.15, -0.1) is 0 Å². The van der Waals surface area contributed by atoms with Crippen LogP contribution in [0, 0.1) is 0 Å². The molecule has 5 rings (SSSR count). The minimum Gasteiger partial charge on any atom is -0.497 e. The van der Waals surface area contributed by atoms with Gasteiger partial charge in [0, 0.05) is 26.2 Å². The van der Waals surface area contributed by atoms with Crippen molar-refractivity contribution in [2.24, 2.45) is 0 Å². The van der Waals surface area contributed by atoms with Crippen LogP contribution in [0.3, 0.4) is 0 Å². The number of benzene rings is 3. The number of amides is 3. The highest BCUT2D eigenvalue weighted by Gasteiger charge is 2.49. The molecule has 186 valence electrons. The molecule has 7 heteroatoms. The molecular formula is C29H32N4O3. The third-order valence-electron chi connectivity index (χ3n) is 7.27. The number of ether oxygens (including phenoxy) is 1. The van der Waals surface area contributed by atoms with Crippen LogP contribution in [0.15, 0.2) is 84.9 Å². The van der Waals surface area contributed by atoms with Gasteiger partial charge in [-0.05, 0) is 35.7 Å². The highest BCUT2D eigenvalue weighted by Crippen LogP contribution is 2.32. The Morgan fingerprint density at radius 3 is 2.06 bits per heavy atom. The van der Waals surface area contributed by atoms with Crippen LogP contribution in [-0.2, 0) is 10.3 Å². The van der Waals surface area contributed by atoms with Crippen molar-refractivity contribution in [2.45, 2.75) is 18.5 Å². The summed E-state index contributed by atoms with van der Waals surface area (Å²) in [6.07, 6.45) is 0. The largest absolute Gasteiger partial charge is 0.497 e. The van der Waals surface area contributed by atoms with Crippen LogP contribution in [0.25, 0.3) is 0 Å². The summed E-state index contributed by atoms with van der Waals surface area (Å²) in [5.74, 6) is 0.409. The average Bonchev–Trinajstić information content (AvgIpc) is 3.15. The number of nitrogens with one attached hydrogen (secondary N) is 1. The summed E-state index contributed by atoms with van der Waals surface area (Å²) >= 11 is 0. The zero-order chi connectivity index (χ0) is 25.1. The van der Waals surface area contributed by atoms with Crippen LogP contribution in [-0.4, -0.2) is 66.6 Å². The first-order valence-electron chi connectivity index (χ1n) is 12.3. The smallest absolute Gasteiger partial charge is 0.326 e. The van der Waals surface area contributed by atoms with Crippen LogP contribution in [0.5, 0.6) is 5.75 Å². The van der Waals surface area contributed by atoms with Gasteiger partial charge in [-0.25, -0.2) is 9.69 Å². The van der Waals surface area contributed by atoms with Gasteiger partial charge in [-0.3, -0.25) is 14.6 Å². The number of carbonyl (C=O) groups is 2. The second kappa shape index (κ2) is 10.1. The molecule has 3 aromatic carbocycles. The lowest BCUT2D eigenvalue weighted by Crippen LogP contribution is -2.52. The van der Waals surface area contributed by atoms with Crippen molar-refractivity contribution in [3.05, 3.63) is 102 Å². The molecule has 1 N–H and O–H groups in total. The molecule has 0 radical (unpaired) electrons. The first-order chi connectivity index (χ1) is 17.5. The molecule has 0 spiro atoms. The molecule has 2 heterocycles. The molecule has 2 aliphatic heterocycles. The topological polar surface area (TPSA) is 65.1 Å². The maximum absolute atomic E-state index is 13.4. The maximum atomic E-state index is 13.4. The van der Waals surface area contributed by atoms with Gasteiger partial charge in [0.1, 0.15) is 11.3 Å². The van der Waals surface area contributed by atoms with Crippen LogP contribution in [0.4, 0.5) is 4.79 Å². The second-order valence-electron chi connectivity index (χ2n) is 9.54. The third-order valence-corrected chi connectivity index (χ3v) is 7.27. The van der Waals surface area contributed by atoms with E-state index in [0.29, 0.717) is 11.3 Å². The SMILES string of the molecule is COc1cccc([C@]2(C)NC(=O)N(CN3CCN(C(c4ccccc4)c4ccccc4)CC3)C2=O)c1. The van der Waals surface area contributed by atoms with E-state index in [4.69, 9.17) is 4.74 Å². The molecular weight excluding hydrogens is 452 g/mol. The summed E-state index contributed by atoms with van der Waals surface area (Å²) in [5.41, 5.74) is 2.13. The van der Waals surface area contributed by atoms with Gasteiger partial charge >= 0.3 is 6.03 Å². The highest BCUT2D eigenvalue weighted by atomic mass is 16.5. The van der Waals surface area contributed by atoms with E-state index in [2.05, 4.69) is 63.6 Å². The zero-order valence-electron chi connectivity index (χ0n) is 20.8. The second-order valence-corrected chi connectivity index (χ2v) is 9.54. The van der Waals surface area contributed by atoms with E-state index in [0.717, 1.165) is 26.2 Å². The number of rotatable bonds is 7. The molecule has 0 saturated carbocycles. The number of urea groups is 1. The monoisotopic (exact) mass is 484 g/mol. The number of carbonyl (C=O) groups excluding carboxylic acids is 2. The molecule has 36 heavy (non-hydrogen) atoms. The standard InChI is InChI=1S/C29H32N4O3/c1-29(24-14-9-15-25(20-24)36-2)27(34)33(28(35)30-29)21-31-16-18-32(19-17-31)26(22-10-5-3-6-11-22)23-12-7-4-8-13-23/h3-15,20,26H,16-19,21H2,1-2H3,(H,30,35)/t29-/m0/s1. The Hall–Kier alpha value is -3.68. The van der Waals surface area contributed by atoms with Crippen LogP contribution >= 0.6 is 0 Å². The summed E-state index contributed by atoms with van der Waals surface area (Å²) in [6.45, 7) is 5.24. The molecule has 0 aliphatic carbocycles. The number of imide groups is 1. The number of nitrogens with zero attached hydrogens (tertiary/aromatic N) is 3. The molecule has 1 atom stereocenters. The molecule has 0 unspecified atom stereocenters. The van der Waals surface area contributed by atoms with Crippen molar-refractivity contribution < 1.29 is 14.3 Å². The normalized spacial score (nSPS) is 21.1. The van der Waals surface area contributed by atoms with E-state index in [1.165, 1.54) is 16.0 Å². The maximum Gasteiger partial charge on any atom is 0.326 e. The first kappa shape index (κ1) is 24.0. The molecule has 0 bridgehead atoms. The van der Waals surface area contributed by atoms with Crippen molar-refractivity contribution in [1.29, 1.82) is 0 Å². The Balaban J connectivity index is 1.27. The molecule has 7 nitrogen and oxygen atoms in total. The lowest BCUT2D eigenvalue weighted by Gasteiger charge is -2.40. The van der Waals surface area contributed by atoms with Gasteiger partial charge in [-0.2, -0.15) is 0 Å². The summed E-state index contributed by atoms with van der Waals surface area (Å²) < 4.78 is 5.31. The fraction of sp³-hybridized carbons (Fsp3) is 0.310. The van der Waals surface area contributed by atoms with Gasteiger partial charge in [0.25, 0.3) is 5.91 Å². The third kappa shape index (κ3) is 4.59. The van der Waals surface area contributed by atoms with Crippen molar-refractivity contribution in [2.75, 3.05) is 40.0 Å². The van der Waals surface area contributed by atoms with Gasteiger partial charge < -0.3 is 10.1 Å². The predicted octanol–water partition coefficient (Wildman–Crippen LogP) is 3.83. The van der Waals surface area contributed by atoms with Crippen LogP contribution in [0.2, 0.25) is 0 Å². The minimum absolute atomic E-state index is 0.169. The predicted molar refractivity (Wildman–Crippen MR) is 138 cm³/mol. The Bertz CT molecular complexity index is 1170. The van der Waals surface area contributed by atoms with Gasteiger partial charge in [0.2, 0.25) is 0 Å². The quantitative estimate of drug-likeness (QED) is 0.517. The Morgan fingerprint density at radius 1 is 0.861 bits per heavy atom. The number of piperazine rings is 1. The molecule has 2 saturated heterocycles. The van der Waals surface area contributed by atoms with Crippen molar-refractivity contribution in [1.82, 2.24) is 20.0 Å². The molecule has 0 aromatic heterocycles. The molecule has 3 aromatic rings. The van der Waals surface area contributed by atoms with Gasteiger partial charge in [-0.1, -0.05) is 72.8 Å². The van der Waals surface area contributed by atoms with E-state index >= 15 is 0 Å². The summed E-state index contributed by atoms with van der Waals surface area (Å²) in [7, 11) is 1.59. The van der Waals surface area contributed by atoms with E-state index in [-0.39, 0.29) is 24.6 Å². The Morgan fingerprint density at radius 2 is 1.47 bits per heavy atom. The summed E-state index contributed by atoms with van der Waals surface area (Å²) in [4.78, 5) is 32.3. The minimum atomic E-state index is -1.11. The molecule has 3 amide bonds. The fourth-order valence-corrected chi connectivity index (χ4v) is 5.20. The van der Waals surface area contributed by atoms with Gasteiger partial charge in [0.05, 0.1) is 19.8 Å². The first-order valence-corrected chi connectivity index (χ1v) is 12.3. The van der Waals surface area contributed by atoms with E-state index in [1.807, 2.05) is 30.3 Å². The number of hydrogen-bond acceptors (Lipinski definition) is 5. The van der Waals surface area contributed by atoms with E-state index in [9.17, 15) is 9.59 Å². The fourth-order valence-electron chi connectivity index (χ4n) is 5.20. The molecule has 2 aliphatic rings. The zero-order valence-corrected chi connectivity index (χ0v) is 20.8.